The van der Waals surface area contributed by atoms with Gasteiger partial charge in [0, 0.05) is 24.5 Å². The van der Waals surface area contributed by atoms with Crippen molar-refractivity contribution >= 4 is 17.5 Å². The largest absolute Gasteiger partial charge is 0.381 e. The topological polar surface area (TPSA) is 67.4 Å². The van der Waals surface area contributed by atoms with Crippen molar-refractivity contribution < 1.29 is 14.3 Å². The van der Waals surface area contributed by atoms with Gasteiger partial charge < -0.3 is 15.4 Å². The molecule has 5 nitrogen and oxygen atoms in total. The molecule has 4 rings (SSSR count). The molecule has 0 radical (unpaired) electrons. The van der Waals surface area contributed by atoms with Crippen LogP contribution in [-0.2, 0) is 14.9 Å². The minimum atomic E-state index is -0.610. The number of benzene rings is 3. The Bertz CT molecular complexity index is 1040. The molecule has 2 amide bonds. The molecule has 1 heterocycles. The number of carbonyl (C=O) groups excluding carboxylic acids is 2. The van der Waals surface area contributed by atoms with Crippen molar-refractivity contribution in [3.8, 4) is 0 Å². The summed E-state index contributed by atoms with van der Waals surface area (Å²) in [5.74, 6) is -0.189. The Balaban J connectivity index is 1.44. The second-order valence-corrected chi connectivity index (χ2v) is 8.20. The first kappa shape index (κ1) is 21.8. The predicted octanol–water partition coefficient (Wildman–Crippen LogP) is 4.86. The fraction of sp³-hybridized carbons (Fsp3) is 0.259. The zero-order chi connectivity index (χ0) is 22.4. The van der Waals surface area contributed by atoms with Crippen molar-refractivity contribution in [1.82, 2.24) is 5.32 Å². The maximum absolute atomic E-state index is 13.4. The minimum Gasteiger partial charge on any atom is -0.381 e. The van der Waals surface area contributed by atoms with Gasteiger partial charge in [-0.25, -0.2) is 0 Å². The molecule has 1 fully saturated rings. The fourth-order valence-electron chi connectivity index (χ4n) is 4.18. The number of hydrogen-bond acceptors (Lipinski definition) is 3. The van der Waals surface area contributed by atoms with Gasteiger partial charge in [0.15, 0.2) is 0 Å². The summed E-state index contributed by atoms with van der Waals surface area (Å²) in [5.41, 5.74) is 2.67. The zero-order valence-electron chi connectivity index (χ0n) is 18.2. The third-order valence-electron chi connectivity index (χ3n) is 6.16. The minimum absolute atomic E-state index is 0.0399. The van der Waals surface area contributed by atoms with E-state index in [1.54, 1.807) is 24.3 Å². The summed E-state index contributed by atoms with van der Waals surface area (Å²) >= 11 is 0. The van der Waals surface area contributed by atoms with E-state index in [-0.39, 0.29) is 17.9 Å². The number of nitrogens with one attached hydrogen (secondary N) is 2. The number of carbonyl (C=O) groups is 2. The molecule has 1 unspecified atom stereocenters. The first-order chi connectivity index (χ1) is 15.6. The van der Waals surface area contributed by atoms with Gasteiger partial charge in [-0.3, -0.25) is 9.59 Å². The zero-order valence-corrected chi connectivity index (χ0v) is 18.2. The van der Waals surface area contributed by atoms with Crippen LogP contribution in [0.3, 0.4) is 0 Å². The molecule has 0 aliphatic carbocycles. The standard InChI is InChI=1S/C27H28N2O3/c1-20(21-8-4-2-5-9-21)28-25(30)22-12-14-24(15-13-22)29-26(31)27(16-18-32-19-17-27)23-10-6-3-7-11-23/h2-15,20H,16-19H2,1H3,(H,28,30)(H,29,31). The molecular weight excluding hydrogens is 400 g/mol. The van der Waals surface area contributed by atoms with Crippen LogP contribution in [0.25, 0.3) is 0 Å². The molecule has 5 heteroatoms. The monoisotopic (exact) mass is 428 g/mol. The summed E-state index contributed by atoms with van der Waals surface area (Å²) in [7, 11) is 0. The molecule has 3 aromatic carbocycles. The van der Waals surface area contributed by atoms with Gasteiger partial charge in [-0.2, -0.15) is 0 Å². The molecule has 0 saturated carbocycles. The van der Waals surface area contributed by atoms with Crippen molar-refractivity contribution in [1.29, 1.82) is 0 Å². The van der Waals surface area contributed by atoms with Crippen LogP contribution >= 0.6 is 0 Å². The quantitative estimate of drug-likeness (QED) is 0.589. The maximum atomic E-state index is 13.4. The molecule has 1 atom stereocenters. The molecule has 3 aromatic rings. The van der Waals surface area contributed by atoms with Crippen molar-refractivity contribution in [2.75, 3.05) is 18.5 Å². The fourth-order valence-corrected chi connectivity index (χ4v) is 4.18. The van der Waals surface area contributed by atoms with E-state index in [2.05, 4.69) is 10.6 Å². The van der Waals surface area contributed by atoms with Crippen LogP contribution < -0.4 is 10.6 Å². The highest BCUT2D eigenvalue weighted by molar-refractivity contribution is 6.00. The van der Waals surface area contributed by atoms with E-state index >= 15 is 0 Å². The highest BCUT2D eigenvalue weighted by Gasteiger charge is 2.41. The lowest BCUT2D eigenvalue weighted by Gasteiger charge is -2.36. The maximum Gasteiger partial charge on any atom is 0.251 e. The van der Waals surface area contributed by atoms with Gasteiger partial charge in [0.1, 0.15) is 0 Å². The molecule has 1 aliphatic heterocycles. The number of hydrogen-bond donors (Lipinski definition) is 2. The van der Waals surface area contributed by atoms with Crippen molar-refractivity contribution in [2.45, 2.75) is 31.2 Å². The summed E-state index contributed by atoms with van der Waals surface area (Å²) in [5, 5.41) is 6.07. The smallest absolute Gasteiger partial charge is 0.251 e. The summed E-state index contributed by atoms with van der Waals surface area (Å²) in [4.78, 5) is 26.0. The van der Waals surface area contributed by atoms with E-state index in [0.717, 1.165) is 11.1 Å². The van der Waals surface area contributed by atoms with Crippen LogP contribution in [0.5, 0.6) is 0 Å². The van der Waals surface area contributed by atoms with Gasteiger partial charge in [0.05, 0.1) is 11.5 Å². The number of rotatable bonds is 6. The van der Waals surface area contributed by atoms with Crippen molar-refractivity contribution in [2.24, 2.45) is 0 Å². The summed E-state index contributed by atoms with van der Waals surface area (Å²) in [6, 6.07) is 26.7. The molecule has 0 aromatic heterocycles. The molecule has 0 spiro atoms. The van der Waals surface area contributed by atoms with Crippen LogP contribution in [0.4, 0.5) is 5.69 Å². The summed E-state index contributed by atoms with van der Waals surface area (Å²) in [6.45, 7) is 3.07. The van der Waals surface area contributed by atoms with Gasteiger partial charge in [-0.15, -0.1) is 0 Å². The molecular formula is C27H28N2O3. The predicted molar refractivity (Wildman–Crippen MR) is 126 cm³/mol. The van der Waals surface area contributed by atoms with Gasteiger partial charge in [-0.1, -0.05) is 60.7 Å². The molecule has 0 bridgehead atoms. The van der Waals surface area contributed by atoms with Crippen LogP contribution in [0.2, 0.25) is 0 Å². The molecule has 32 heavy (non-hydrogen) atoms. The number of anilines is 1. The molecule has 164 valence electrons. The van der Waals surface area contributed by atoms with Gasteiger partial charge >= 0.3 is 0 Å². The van der Waals surface area contributed by atoms with Crippen LogP contribution in [-0.4, -0.2) is 25.0 Å². The normalized spacial score (nSPS) is 16.0. The summed E-state index contributed by atoms with van der Waals surface area (Å²) in [6.07, 6.45) is 1.28. The van der Waals surface area contributed by atoms with Crippen molar-refractivity contribution in [3.63, 3.8) is 0 Å². The SMILES string of the molecule is CC(NC(=O)c1ccc(NC(=O)C2(c3ccccc3)CCOCC2)cc1)c1ccccc1. The number of amides is 2. The molecule has 1 saturated heterocycles. The Kier molecular flexibility index (Phi) is 6.66. The Hall–Kier alpha value is -3.44. The van der Waals surface area contributed by atoms with E-state index in [0.29, 0.717) is 37.3 Å². The second-order valence-electron chi connectivity index (χ2n) is 8.20. The van der Waals surface area contributed by atoms with Gasteiger partial charge in [0.2, 0.25) is 5.91 Å². The third-order valence-corrected chi connectivity index (χ3v) is 6.16. The van der Waals surface area contributed by atoms with Crippen LogP contribution in [0, 0.1) is 0 Å². The van der Waals surface area contributed by atoms with E-state index in [1.807, 2.05) is 67.6 Å². The second kappa shape index (κ2) is 9.79. The average Bonchev–Trinajstić information content (AvgIpc) is 2.86. The molecule has 2 N–H and O–H groups in total. The van der Waals surface area contributed by atoms with E-state index in [4.69, 9.17) is 4.74 Å². The first-order valence-corrected chi connectivity index (χ1v) is 11.0. The first-order valence-electron chi connectivity index (χ1n) is 11.0. The number of ether oxygens (including phenoxy) is 1. The lowest BCUT2D eigenvalue weighted by molar-refractivity contribution is -0.125. The third kappa shape index (κ3) is 4.73. The lowest BCUT2D eigenvalue weighted by Crippen LogP contribution is -2.44. The average molecular weight is 429 g/mol. The van der Waals surface area contributed by atoms with Crippen LogP contribution in [0.15, 0.2) is 84.9 Å². The van der Waals surface area contributed by atoms with Gasteiger partial charge in [0.25, 0.3) is 5.91 Å². The van der Waals surface area contributed by atoms with Crippen molar-refractivity contribution in [3.05, 3.63) is 102 Å². The van der Waals surface area contributed by atoms with Crippen LogP contribution in [0.1, 0.15) is 47.3 Å². The Morgan fingerprint density at radius 1 is 0.844 bits per heavy atom. The molecule has 1 aliphatic rings. The summed E-state index contributed by atoms with van der Waals surface area (Å²) < 4.78 is 5.53. The highest BCUT2D eigenvalue weighted by Crippen LogP contribution is 2.36. The van der Waals surface area contributed by atoms with E-state index in [1.165, 1.54) is 0 Å². The van der Waals surface area contributed by atoms with Gasteiger partial charge in [-0.05, 0) is 55.2 Å². The Labute approximate surface area is 188 Å². The Morgan fingerprint density at radius 2 is 1.44 bits per heavy atom. The highest BCUT2D eigenvalue weighted by atomic mass is 16.5. The van der Waals surface area contributed by atoms with E-state index in [9.17, 15) is 9.59 Å². The van der Waals surface area contributed by atoms with E-state index < -0.39 is 5.41 Å². The lowest BCUT2D eigenvalue weighted by atomic mass is 9.73. The Morgan fingerprint density at radius 3 is 2.06 bits per heavy atom.